The van der Waals surface area contributed by atoms with Crippen LogP contribution in [0, 0.1) is 0 Å². The molecule has 0 aromatic heterocycles. The Bertz CT molecular complexity index is 722. The number of carbonyl (C=O) groups excluding carboxylic acids is 1. The fourth-order valence-corrected chi connectivity index (χ4v) is 2.63. The van der Waals surface area contributed by atoms with E-state index in [0.29, 0.717) is 0 Å². The summed E-state index contributed by atoms with van der Waals surface area (Å²) in [5.41, 5.74) is 3.89. The van der Waals surface area contributed by atoms with E-state index in [2.05, 4.69) is 0 Å². The van der Waals surface area contributed by atoms with Crippen molar-refractivity contribution in [2.24, 2.45) is 0 Å². The van der Waals surface area contributed by atoms with E-state index in [1.54, 1.807) is 7.11 Å². The van der Waals surface area contributed by atoms with Gasteiger partial charge in [0.1, 0.15) is 5.75 Å². The zero-order valence-electron chi connectivity index (χ0n) is 12.6. The maximum absolute atomic E-state index is 12.5. The van der Waals surface area contributed by atoms with Gasteiger partial charge in [0.05, 0.1) is 7.11 Å². The van der Waals surface area contributed by atoms with Crippen LogP contribution in [0.25, 0.3) is 12.2 Å². The molecule has 1 fully saturated rings. The molecule has 2 aromatic rings. The fraction of sp³-hybridized carbons (Fsp3) is 0.150. The molecule has 0 heterocycles. The standard InChI is InChI=1S/C20H18O2/c1-22-19-11-7-16(8-12-19)14-18-10-9-17(20(18)21)13-15-5-3-2-4-6-15/h2-8,11-14H,9-10H2,1H3/b17-13-,18-14-. The topological polar surface area (TPSA) is 26.3 Å². The minimum absolute atomic E-state index is 0.166. The van der Waals surface area contributed by atoms with Gasteiger partial charge in [-0.2, -0.15) is 0 Å². The van der Waals surface area contributed by atoms with E-state index >= 15 is 0 Å². The van der Waals surface area contributed by atoms with Crippen LogP contribution in [0.15, 0.2) is 65.7 Å². The van der Waals surface area contributed by atoms with E-state index in [4.69, 9.17) is 4.74 Å². The van der Waals surface area contributed by atoms with Crippen LogP contribution in [0.4, 0.5) is 0 Å². The van der Waals surface area contributed by atoms with E-state index in [1.165, 1.54) is 0 Å². The molecule has 0 unspecified atom stereocenters. The molecule has 1 aliphatic carbocycles. The van der Waals surface area contributed by atoms with Gasteiger partial charge in [0.15, 0.2) is 5.78 Å². The zero-order chi connectivity index (χ0) is 15.4. The molecule has 1 saturated carbocycles. The number of Topliss-reactive ketones (excluding diaryl/α,β-unsaturated/α-hetero) is 1. The first kappa shape index (κ1) is 14.3. The number of methoxy groups -OCH3 is 1. The van der Waals surface area contributed by atoms with Crippen molar-refractivity contribution in [2.75, 3.05) is 7.11 Å². The zero-order valence-corrected chi connectivity index (χ0v) is 12.6. The molecule has 0 spiro atoms. The average Bonchev–Trinajstić information content (AvgIpc) is 2.90. The number of carbonyl (C=O) groups is 1. The summed E-state index contributed by atoms with van der Waals surface area (Å²) in [6.07, 6.45) is 5.60. The van der Waals surface area contributed by atoms with Crippen LogP contribution in [0.1, 0.15) is 24.0 Å². The number of allylic oxidation sites excluding steroid dienone is 2. The highest BCUT2D eigenvalue weighted by Gasteiger charge is 2.22. The van der Waals surface area contributed by atoms with E-state index in [9.17, 15) is 4.79 Å². The van der Waals surface area contributed by atoms with E-state index in [-0.39, 0.29) is 5.78 Å². The number of rotatable bonds is 3. The van der Waals surface area contributed by atoms with Gasteiger partial charge in [0.2, 0.25) is 0 Å². The van der Waals surface area contributed by atoms with Crippen LogP contribution in [0.2, 0.25) is 0 Å². The molecular formula is C20H18O2. The monoisotopic (exact) mass is 290 g/mol. The van der Waals surface area contributed by atoms with Crippen LogP contribution >= 0.6 is 0 Å². The van der Waals surface area contributed by atoms with Crippen molar-refractivity contribution in [3.63, 3.8) is 0 Å². The summed E-state index contributed by atoms with van der Waals surface area (Å²) in [5.74, 6) is 0.990. The van der Waals surface area contributed by atoms with Gasteiger partial charge in [0.25, 0.3) is 0 Å². The van der Waals surface area contributed by atoms with E-state index in [1.807, 2.05) is 66.7 Å². The lowest BCUT2D eigenvalue weighted by Gasteiger charge is -2.00. The molecular weight excluding hydrogens is 272 g/mol. The van der Waals surface area contributed by atoms with Crippen LogP contribution in [-0.4, -0.2) is 12.9 Å². The van der Waals surface area contributed by atoms with Crippen molar-refractivity contribution in [1.29, 1.82) is 0 Å². The predicted octanol–water partition coefficient (Wildman–Crippen LogP) is 4.53. The molecule has 0 amide bonds. The molecule has 0 bridgehead atoms. The van der Waals surface area contributed by atoms with Gasteiger partial charge in [-0.05, 0) is 48.3 Å². The highest BCUT2D eigenvalue weighted by atomic mass is 16.5. The number of hydrogen-bond acceptors (Lipinski definition) is 2. The first-order valence-electron chi connectivity index (χ1n) is 7.41. The molecule has 2 heteroatoms. The Morgan fingerprint density at radius 3 is 1.91 bits per heavy atom. The Kier molecular flexibility index (Phi) is 4.19. The lowest BCUT2D eigenvalue weighted by Crippen LogP contribution is -1.95. The summed E-state index contributed by atoms with van der Waals surface area (Å²) in [6.45, 7) is 0. The lowest BCUT2D eigenvalue weighted by molar-refractivity contribution is -0.111. The van der Waals surface area contributed by atoms with Crippen molar-refractivity contribution in [3.8, 4) is 5.75 Å². The Balaban J connectivity index is 1.81. The van der Waals surface area contributed by atoms with Crippen molar-refractivity contribution >= 4 is 17.9 Å². The Morgan fingerprint density at radius 2 is 1.36 bits per heavy atom. The third-order valence-corrected chi connectivity index (χ3v) is 3.84. The SMILES string of the molecule is COc1ccc(/C=C2/CC/C(=C/c3ccccc3)C2=O)cc1. The molecule has 3 rings (SSSR count). The largest absolute Gasteiger partial charge is 0.497 e. The van der Waals surface area contributed by atoms with Crippen LogP contribution in [0.3, 0.4) is 0 Å². The predicted molar refractivity (Wildman–Crippen MR) is 89.6 cm³/mol. The summed E-state index contributed by atoms with van der Waals surface area (Å²) in [5, 5.41) is 0. The summed E-state index contributed by atoms with van der Waals surface area (Å²) in [4.78, 5) is 12.5. The molecule has 2 nitrogen and oxygen atoms in total. The third-order valence-electron chi connectivity index (χ3n) is 3.84. The Labute approximate surface area is 130 Å². The van der Waals surface area contributed by atoms with Crippen LogP contribution in [0.5, 0.6) is 5.75 Å². The Hall–Kier alpha value is -2.61. The molecule has 1 aliphatic rings. The average molecular weight is 290 g/mol. The van der Waals surface area contributed by atoms with Crippen molar-refractivity contribution in [2.45, 2.75) is 12.8 Å². The second-order valence-electron chi connectivity index (χ2n) is 5.35. The minimum Gasteiger partial charge on any atom is -0.497 e. The van der Waals surface area contributed by atoms with Crippen molar-refractivity contribution in [3.05, 3.63) is 76.9 Å². The molecule has 0 aliphatic heterocycles. The van der Waals surface area contributed by atoms with Crippen molar-refractivity contribution in [1.82, 2.24) is 0 Å². The lowest BCUT2D eigenvalue weighted by atomic mass is 10.1. The number of benzene rings is 2. The van der Waals surface area contributed by atoms with Gasteiger partial charge in [-0.25, -0.2) is 0 Å². The first-order chi connectivity index (χ1) is 10.8. The molecule has 0 N–H and O–H groups in total. The van der Waals surface area contributed by atoms with Gasteiger partial charge < -0.3 is 4.74 Å². The van der Waals surface area contributed by atoms with Gasteiger partial charge in [-0.3, -0.25) is 4.79 Å². The van der Waals surface area contributed by atoms with Crippen LogP contribution in [-0.2, 0) is 4.79 Å². The highest BCUT2D eigenvalue weighted by Crippen LogP contribution is 2.29. The molecule has 2 aromatic carbocycles. The molecule has 0 saturated heterocycles. The van der Waals surface area contributed by atoms with Gasteiger partial charge >= 0.3 is 0 Å². The molecule has 0 radical (unpaired) electrons. The van der Waals surface area contributed by atoms with E-state index < -0.39 is 0 Å². The second-order valence-corrected chi connectivity index (χ2v) is 5.35. The minimum atomic E-state index is 0.166. The normalized spacial score (nSPS) is 18.1. The smallest absolute Gasteiger partial charge is 0.185 e. The summed E-state index contributed by atoms with van der Waals surface area (Å²) >= 11 is 0. The maximum Gasteiger partial charge on any atom is 0.185 e. The second kappa shape index (κ2) is 6.44. The number of ether oxygens (including phenoxy) is 1. The summed E-state index contributed by atoms with van der Waals surface area (Å²) in [6, 6.07) is 17.7. The van der Waals surface area contributed by atoms with Gasteiger partial charge in [0, 0.05) is 11.1 Å². The van der Waals surface area contributed by atoms with Gasteiger partial charge in [-0.15, -0.1) is 0 Å². The summed E-state index contributed by atoms with van der Waals surface area (Å²) < 4.78 is 5.15. The number of hydrogen-bond donors (Lipinski definition) is 0. The quantitative estimate of drug-likeness (QED) is 0.777. The fourth-order valence-electron chi connectivity index (χ4n) is 2.63. The van der Waals surface area contributed by atoms with E-state index in [0.717, 1.165) is 40.9 Å². The Morgan fingerprint density at radius 1 is 0.818 bits per heavy atom. The first-order valence-corrected chi connectivity index (χ1v) is 7.41. The molecule has 22 heavy (non-hydrogen) atoms. The number of ketones is 1. The van der Waals surface area contributed by atoms with Crippen LogP contribution < -0.4 is 4.74 Å². The summed E-state index contributed by atoms with van der Waals surface area (Å²) in [7, 11) is 1.65. The van der Waals surface area contributed by atoms with Gasteiger partial charge in [-0.1, -0.05) is 42.5 Å². The highest BCUT2D eigenvalue weighted by molar-refractivity contribution is 6.15. The molecule has 110 valence electrons. The third kappa shape index (κ3) is 3.17. The maximum atomic E-state index is 12.5. The molecule has 0 atom stereocenters. The van der Waals surface area contributed by atoms with Crippen molar-refractivity contribution < 1.29 is 9.53 Å².